The van der Waals surface area contributed by atoms with Gasteiger partial charge in [-0.05, 0) is 50.1 Å². The smallest absolute Gasteiger partial charge is 0.341 e. The number of primary amides is 1. The van der Waals surface area contributed by atoms with Crippen molar-refractivity contribution in [2.75, 3.05) is 0 Å². The molecule has 7 nitrogen and oxygen atoms in total. The minimum absolute atomic E-state index is 0.233. The number of carbonyl (C=O) groups excluding carboxylic acids is 3. The zero-order valence-electron chi connectivity index (χ0n) is 14.6. The Labute approximate surface area is 155 Å². The van der Waals surface area contributed by atoms with Crippen LogP contribution in [0.5, 0.6) is 0 Å². The third kappa shape index (κ3) is 5.06. The Balaban J connectivity index is 2.20. The number of urea groups is 1. The Morgan fingerprint density at radius 2 is 1.96 bits per heavy atom. The molecule has 0 aliphatic rings. The van der Waals surface area contributed by atoms with Gasteiger partial charge in [0.1, 0.15) is 5.03 Å². The minimum atomic E-state index is -1.17. The van der Waals surface area contributed by atoms with Gasteiger partial charge in [-0.3, -0.25) is 10.1 Å². The van der Waals surface area contributed by atoms with Crippen molar-refractivity contribution in [3.05, 3.63) is 53.2 Å². The number of benzene rings is 1. The third-order valence-electron chi connectivity index (χ3n) is 3.44. The van der Waals surface area contributed by atoms with Crippen LogP contribution in [0.15, 0.2) is 46.5 Å². The van der Waals surface area contributed by atoms with Crippen LogP contribution in [0.4, 0.5) is 4.79 Å². The van der Waals surface area contributed by atoms with Crippen molar-refractivity contribution in [1.82, 2.24) is 10.3 Å². The number of hydrogen-bond acceptors (Lipinski definition) is 6. The van der Waals surface area contributed by atoms with Gasteiger partial charge in [-0.25, -0.2) is 14.6 Å². The molecule has 0 bridgehead atoms. The number of pyridine rings is 1. The highest BCUT2D eigenvalue weighted by Crippen LogP contribution is 2.32. The molecule has 0 aliphatic heterocycles. The number of aryl methyl sites for hydroxylation is 2. The van der Waals surface area contributed by atoms with E-state index in [1.807, 2.05) is 37.4 Å². The summed E-state index contributed by atoms with van der Waals surface area (Å²) in [7, 11) is 0. The highest BCUT2D eigenvalue weighted by molar-refractivity contribution is 7.99. The van der Waals surface area contributed by atoms with Gasteiger partial charge in [0.25, 0.3) is 5.91 Å². The lowest BCUT2D eigenvalue weighted by atomic mass is 10.2. The summed E-state index contributed by atoms with van der Waals surface area (Å²) in [5.41, 5.74) is 7.27. The molecule has 1 heterocycles. The molecular weight excluding hydrogens is 354 g/mol. The molecule has 0 saturated carbocycles. The number of nitrogens with zero attached hydrogens (tertiary/aromatic N) is 1. The fraction of sp³-hybridized carbons (Fsp3) is 0.222. The molecule has 0 radical (unpaired) electrons. The zero-order valence-corrected chi connectivity index (χ0v) is 15.4. The largest absolute Gasteiger partial charge is 0.449 e. The molecule has 2 rings (SSSR count). The van der Waals surface area contributed by atoms with Crippen molar-refractivity contribution < 1.29 is 19.1 Å². The molecule has 26 heavy (non-hydrogen) atoms. The van der Waals surface area contributed by atoms with E-state index in [4.69, 9.17) is 10.5 Å². The molecule has 0 aliphatic carbocycles. The van der Waals surface area contributed by atoms with Gasteiger partial charge in [-0.1, -0.05) is 23.9 Å². The molecule has 0 saturated heterocycles. The van der Waals surface area contributed by atoms with Gasteiger partial charge < -0.3 is 10.5 Å². The van der Waals surface area contributed by atoms with E-state index in [0.29, 0.717) is 5.03 Å². The lowest BCUT2D eigenvalue weighted by molar-refractivity contribution is -0.127. The summed E-state index contributed by atoms with van der Waals surface area (Å²) >= 11 is 1.34. The number of nitrogens with two attached hydrogens (primary N) is 1. The van der Waals surface area contributed by atoms with E-state index >= 15 is 0 Å². The van der Waals surface area contributed by atoms with Gasteiger partial charge in [0.2, 0.25) is 0 Å². The predicted molar refractivity (Wildman–Crippen MR) is 96.9 cm³/mol. The quantitative estimate of drug-likeness (QED) is 0.779. The average Bonchev–Trinajstić information content (AvgIpc) is 2.58. The van der Waals surface area contributed by atoms with Crippen molar-refractivity contribution in [3.63, 3.8) is 0 Å². The summed E-state index contributed by atoms with van der Waals surface area (Å²) in [5, 5.41) is 2.34. The number of nitrogens with one attached hydrogen (secondary N) is 1. The number of imide groups is 1. The van der Waals surface area contributed by atoms with E-state index in [1.54, 1.807) is 18.3 Å². The van der Waals surface area contributed by atoms with Crippen LogP contribution in [0, 0.1) is 13.8 Å². The topological polar surface area (TPSA) is 111 Å². The molecule has 0 fully saturated rings. The van der Waals surface area contributed by atoms with Gasteiger partial charge in [-0.2, -0.15) is 0 Å². The molecule has 3 amide bonds. The van der Waals surface area contributed by atoms with Gasteiger partial charge >= 0.3 is 12.0 Å². The van der Waals surface area contributed by atoms with Crippen LogP contribution in [0.2, 0.25) is 0 Å². The molecule has 2 aromatic rings. The van der Waals surface area contributed by atoms with Gasteiger partial charge in [0.05, 0.1) is 5.56 Å². The molecule has 8 heteroatoms. The number of hydrogen-bond donors (Lipinski definition) is 2. The van der Waals surface area contributed by atoms with Crippen molar-refractivity contribution >= 4 is 29.7 Å². The van der Waals surface area contributed by atoms with Crippen molar-refractivity contribution in [2.45, 2.75) is 36.8 Å². The van der Waals surface area contributed by atoms with Crippen LogP contribution >= 0.6 is 11.8 Å². The Kier molecular flexibility index (Phi) is 6.35. The zero-order chi connectivity index (χ0) is 19.3. The Hall–Kier alpha value is -2.87. The van der Waals surface area contributed by atoms with E-state index in [9.17, 15) is 14.4 Å². The first-order chi connectivity index (χ1) is 12.3. The van der Waals surface area contributed by atoms with E-state index in [-0.39, 0.29) is 5.56 Å². The number of aromatic nitrogens is 1. The fourth-order valence-corrected chi connectivity index (χ4v) is 3.11. The first-order valence-corrected chi connectivity index (χ1v) is 8.61. The van der Waals surface area contributed by atoms with Crippen molar-refractivity contribution in [2.24, 2.45) is 5.73 Å². The van der Waals surface area contributed by atoms with E-state index in [2.05, 4.69) is 4.98 Å². The van der Waals surface area contributed by atoms with Crippen LogP contribution in [0.1, 0.15) is 28.4 Å². The van der Waals surface area contributed by atoms with Crippen molar-refractivity contribution in [1.29, 1.82) is 0 Å². The van der Waals surface area contributed by atoms with Crippen LogP contribution in [0.3, 0.4) is 0 Å². The van der Waals surface area contributed by atoms with Crippen LogP contribution < -0.4 is 11.1 Å². The Bertz CT molecular complexity index is 854. The summed E-state index contributed by atoms with van der Waals surface area (Å²) in [6, 6.07) is 8.18. The fourth-order valence-electron chi connectivity index (χ4n) is 2.05. The SMILES string of the molecule is Cc1ccc(C)c(Sc2ncccc2C(=O)OC(C)C(=O)NC(N)=O)c1. The van der Waals surface area contributed by atoms with Crippen LogP contribution in [-0.2, 0) is 9.53 Å². The van der Waals surface area contributed by atoms with Gasteiger partial charge in [0.15, 0.2) is 6.10 Å². The molecule has 136 valence electrons. The molecule has 0 spiro atoms. The van der Waals surface area contributed by atoms with Crippen LogP contribution in [0.25, 0.3) is 0 Å². The van der Waals surface area contributed by atoms with Crippen molar-refractivity contribution in [3.8, 4) is 0 Å². The highest BCUT2D eigenvalue weighted by atomic mass is 32.2. The third-order valence-corrected chi connectivity index (χ3v) is 4.62. The lowest BCUT2D eigenvalue weighted by Gasteiger charge is -2.14. The minimum Gasteiger partial charge on any atom is -0.449 e. The maximum Gasteiger partial charge on any atom is 0.341 e. The van der Waals surface area contributed by atoms with E-state index in [0.717, 1.165) is 16.0 Å². The second kappa shape index (κ2) is 8.48. The maximum absolute atomic E-state index is 12.4. The standard InChI is InChI=1S/C18H19N3O4S/c1-10-6-7-11(2)14(9-10)26-16-13(5-4-8-20-16)17(23)25-12(3)15(22)21-18(19)24/h4-9,12H,1-3H3,(H3,19,21,22,24). The van der Waals surface area contributed by atoms with Gasteiger partial charge in [-0.15, -0.1) is 0 Å². The molecule has 1 aromatic heterocycles. The number of rotatable bonds is 5. The number of esters is 1. The second-order valence-corrected chi connectivity index (χ2v) is 6.66. The number of amides is 3. The molecular formula is C18H19N3O4S. The van der Waals surface area contributed by atoms with Gasteiger partial charge in [0, 0.05) is 11.1 Å². The molecule has 1 aromatic carbocycles. The maximum atomic E-state index is 12.4. The first kappa shape index (κ1) is 19.5. The Morgan fingerprint density at radius 1 is 1.23 bits per heavy atom. The summed E-state index contributed by atoms with van der Waals surface area (Å²) in [5.74, 6) is -1.50. The monoisotopic (exact) mass is 373 g/mol. The van der Waals surface area contributed by atoms with E-state index < -0.39 is 24.0 Å². The molecule has 3 N–H and O–H groups in total. The highest BCUT2D eigenvalue weighted by Gasteiger charge is 2.22. The number of ether oxygens (including phenoxy) is 1. The second-order valence-electron chi connectivity index (χ2n) is 5.63. The Morgan fingerprint density at radius 3 is 2.65 bits per heavy atom. The van der Waals surface area contributed by atoms with E-state index in [1.165, 1.54) is 18.7 Å². The molecule has 1 atom stereocenters. The summed E-state index contributed by atoms with van der Waals surface area (Å²) in [6.07, 6.45) is 0.404. The predicted octanol–water partition coefficient (Wildman–Crippen LogP) is 2.59. The normalized spacial score (nSPS) is 11.5. The van der Waals surface area contributed by atoms with Crippen LogP contribution in [-0.4, -0.2) is 29.0 Å². The first-order valence-electron chi connectivity index (χ1n) is 7.79. The average molecular weight is 373 g/mol. The number of carbonyl (C=O) groups is 3. The summed E-state index contributed by atoms with van der Waals surface area (Å²) in [6.45, 7) is 5.30. The summed E-state index contributed by atoms with van der Waals surface area (Å²) in [4.78, 5) is 40.1. The lowest BCUT2D eigenvalue weighted by Crippen LogP contribution is -2.42. The summed E-state index contributed by atoms with van der Waals surface area (Å²) < 4.78 is 5.12. The molecule has 1 unspecified atom stereocenters.